The predicted octanol–water partition coefficient (Wildman–Crippen LogP) is 3.52. The number of ether oxygens (including phenoxy) is 1. The van der Waals surface area contributed by atoms with Crippen LogP contribution in [0, 0.1) is 5.92 Å². The van der Waals surface area contributed by atoms with Crippen molar-refractivity contribution < 1.29 is 4.74 Å². The van der Waals surface area contributed by atoms with Crippen LogP contribution in [0.25, 0.3) is 0 Å². The summed E-state index contributed by atoms with van der Waals surface area (Å²) in [7, 11) is 0. The molecule has 0 saturated carbocycles. The number of hydrogen-bond donors (Lipinski definition) is 1. The van der Waals surface area contributed by atoms with Crippen LogP contribution in [0.15, 0.2) is 24.3 Å². The van der Waals surface area contributed by atoms with E-state index in [1.54, 1.807) is 0 Å². The number of nitrogens with two attached hydrogens (primary N) is 1. The van der Waals surface area contributed by atoms with Crippen molar-refractivity contribution in [3.63, 3.8) is 0 Å². The van der Waals surface area contributed by atoms with E-state index in [9.17, 15) is 0 Å². The van der Waals surface area contributed by atoms with E-state index >= 15 is 0 Å². The Hall–Kier alpha value is -1.02. The molecule has 2 N–H and O–H groups in total. The average molecular weight is 221 g/mol. The summed E-state index contributed by atoms with van der Waals surface area (Å²) in [6.07, 6.45) is 2.33. The van der Waals surface area contributed by atoms with Gasteiger partial charge in [0.1, 0.15) is 5.75 Å². The normalized spacial score (nSPS) is 12.8. The van der Waals surface area contributed by atoms with Crippen LogP contribution in [-0.4, -0.2) is 6.61 Å². The Balaban J connectivity index is 2.66. The van der Waals surface area contributed by atoms with E-state index < -0.39 is 0 Å². The van der Waals surface area contributed by atoms with Crippen LogP contribution in [0.4, 0.5) is 0 Å². The fraction of sp³-hybridized carbons (Fsp3) is 0.571. The highest BCUT2D eigenvalue weighted by Gasteiger charge is 2.09. The van der Waals surface area contributed by atoms with Gasteiger partial charge in [-0.15, -0.1) is 0 Å². The molecule has 0 aromatic heterocycles. The second kappa shape index (κ2) is 6.54. The number of hydrogen-bond acceptors (Lipinski definition) is 2. The maximum absolute atomic E-state index is 5.91. The third-order valence-corrected chi connectivity index (χ3v) is 3.04. The molecule has 0 aliphatic rings. The first kappa shape index (κ1) is 13.0. The third-order valence-electron chi connectivity index (χ3n) is 3.04. The minimum absolute atomic E-state index is 0.0258. The Morgan fingerprint density at radius 2 is 1.81 bits per heavy atom. The minimum Gasteiger partial charge on any atom is -0.493 e. The van der Waals surface area contributed by atoms with Crippen molar-refractivity contribution in [2.45, 2.75) is 39.7 Å². The van der Waals surface area contributed by atoms with Crippen molar-refractivity contribution in [1.29, 1.82) is 0 Å². The van der Waals surface area contributed by atoms with Crippen molar-refractivity contribution in [2.24, 2.45) is 11.7 Å². The van der Waals surface area contributed by atoms with Gasteiger partial charge in [-0.05, 0) is 18.9 Å². The molecule has 1 atom stereocenters. The Morgan fingerprint density at radius 3 is 2.38 bits per heavy atom. The molecule has 0 heterocycles. The second-order valence-corrected chi connectivity index (χ2v) is 4.32. The molecule has 0 fully saturated rings. The summed E-state index contributed by atoms with van der Waals surface area (Å²) >= 11 is 0. The van der Waals surface area contributed by atoms with Crippen molar-refractivity contribution in [2.75, 3.05) is 6.61 Å². The summed E-state index contributed by atoms with van der Waals surface area (Å²) in [5.41, 5.74) is 7.00. The van der Waals surface area contributed by atoms with Crippen molar-refractivity contribution in [1.82, 2.24) is 0 Å². The Kier molecular flexibility index (Phi) is 5.33. The molecule has 1 rings (SSSR count). The molecule has 0 spiro atoms. The summed E-state index contributed by atoms with van der Waals surface area (Å²) in [5, 5.41) is 0. The van der Waals surface area contributed by atoms with E-state index in [1.165, 1.54) is 0 Å². The van der Waals surface area contributed by atoms with Gasteiger partial charge < -0.3 is 10.5 Å². The molecule has 0 amide bonds. The highest BCUT2D eigenvalue weighted by atomic mass is 16.5. The number of rotatable bonds is 6. The van der Waals surface area contributed by atoms with Crippen molar-refractivity contribution in [3.8, 4) is 5.75 Å². The van der Waals surface area contributed by atoms with E-state index in [4.69, 9.17) is 10.5 Å². The molecule has 16 heavy (non-hydrogen) atoms. The topological polar surface area (TPSA) is 35.2 Å². The molecule has 90 valence electrons. The lowest BCUT2D eigenvalue weighted by molar-refractivity contribution is 0.238. The molecule has 1 aromatic rings. The summed E-state index contributed by atoms with van der Waals surface area (Å²) in [5.74, 6) is 1.57. The quantitative estimate of drug-likeness (QED) is 0.797. The van der Waals surface area contributed by atoms with Crippen LogP contribution in [-0.2, 0) is 0 Å². The average Bonchev–Trinajstić information content (AvgIpc) is 2.30. The van der Waals surface area contributed by atoms with Gasteiger partial charge >= 0.3 is 0 Å². The highest BCUT2D eigenvalue weighted by molar-refractivity contribution is 5.35. The van der Waals surface area contributed by atoms with Crippen LogP contribution in [0.5, 0.6) is 5.75 Å². The number of benzene rings is 1. The largest absolute Gasteiger partial charge is 0.493 e. The lowest BCUT2D eigenvalue weighted by Gasteiger charge is -2.17. The second-order valence-electron chi connectivity index (χ2n) is 4.32. The fourth-order valence-electron chi connectivity index (χ4n) is 1.72. The minimum atomic E-state index is 0.0258. The Labute approximate surface area is 98.8 Å². The maximum atomic E-state index is 5.91. The molecule has 2 nitrogen and oxygen atoms in total. The van der Waals surface area contributed by atoms with Gasteiger partial charge in [0.25, 0.3) is 0 Å². The van der Waals surface area contributed by atoms with E-state index in [2.05, 4.69) is 13.8 Å². The SMILES string of the molecule is CCC(CC)COc1ccccc1[C@@H](C)N. The standard InChI is InChI=1S/C14H23NO/c1-4-12(5-2)10-16-14-9-7-6-8-13(14)11(3)15/h6-9,11-12H,4-5,10,15H2,1-3H3/t11-/m1/s1. The van der Waals surface area contributed by atoms with Gasteiger partial charge in [0.05, 0.1) is 6.61 Å². The Morgan fingerprint density at radius 1 is 1.19 bits per heavy atom. The van der Waals surface area contributed by atoms with E-state index in [0.717, 1.165) is 30.8 Å². The van der Waals surface area contributed by atoms with Gasteiger partial charge in [0, 0.05) is 11.6 Å². The molecule has 0 radical (unpaired) electrons. The molecule has 0 saturated heterocycles. The van der Waals surface area contributed by atoms with Crippen LogP contribution in [0.3, 0.4) is 0 Å². The van der Waals surface area contributed by atoms with Gasteiger partial charge in [-0.1, -0.05) is 44.9 Å². The molecule has 0 bridgehead atoms. The molecule has 0 unspecified atom stereocenters. The molecule has 0 aliphatic carbocycles. The zero-order valence-electron chi connectivity index (χ0n) is 10.6. The van der Waals surface area contributed by atoms with Gasteiger partial charge in [0.2, 0.25) is 0 Å². The first-order valence-corrected chi connectivity index (χ1v) is 6.16. The van der Waals surface area contributed by atoms with Crippen LogP contribution >= 0.6 is 0 Å². The Bertz CT molecular complexity index is 305. The summed E-state index contributed by atoms with van der Waals surface area (Å²) < 4.78 is 5.86. The lowest BCUT2D eigenvalue weighted by Crippen LogP contribution is -2.13. The predicted molar refractivity (Wildman–Crippen MR) is 68.6 cm³/mol. The van der Waals surface area contributed by atoms with Crippen molar-refractivity contribution in [3.05, 3.63) is 29.8 Å². The zero-order chi connectivity index (χ0) is 12.0. The zero-order valence-corrected chi connectivity index (χ0v) is 10.6. The molecular weight excluding hydrogens is 198 g/mol. The van der Waals surface area contributed by atoms with E-state index in [0.29, 0.717) is 5.92 Å². The maximum Gasteiger partial charge on any atom is 0.124 e. The summed E-state index contributed by atoms with van der Waals surface area (Å²) in [4.78, 5) is 0. The summed E-state index contributed by atoms with van der Waals surface area (Å²) in [6.45, 7) is 7.18. The van der Waals surface area contributed by atoms with Crippen LogP contribution in [0.2, 0.25) is 0 Å². The summed E-state index contributed by atoms with van der Waals surface area (Å²) in [6, 6.07) is 8.06. The van der Waals surface area contributed by atoms with Gasteiger partial charge in [0.15, 0.2) is 0 Å². The van der Waals surface area contributed by atoms with E-state index in [-0.39, 0.29) is 6.04 Å². The van der Waals surface area contributed by atoms with Crippen molar-refractivity contribution >= 4 is 0 Å². The highest BCUT2D eigenvalue weighted by Crippen LogP contribution is 2.24. The smallest absolute Gasteiger partial charge is 0.124 e. The molecular formula is C14H23NO. The van der Waals surface area contributed by atoms with Crippen LogP contribution in [0.1, 0.15) is 45.2 Å². The van der Waals surface area contributed by atoms with Gasteiger partial charge in [-0.2, -0.15) is 0 Å². The van der Waals surface area contributed by atoms with E-state index in [1.807, 2.05) is 31.2 Å². The monoisotopic (exact) mass is 221 g/mol. The third kappa shape index (κ3) is 3.53. The fourth-order valence-corrected chi connectivity index (χ4v) is 1.72. The molecule has 1 aromatic carbocycles. The van der Waals surface area contributed by atoms with Gasteiger partial charge in [-0.3, -0.25) is 0 Å². The number of para-hydroxylation sites is 1. The lowest BCUT2D eigenvalue weighted by atomic mass is 10.0. The first-order valence-electron chi connectivity index (χ1n) is 6.16. The van der Waals surface area contributed by atoms with Gasteiger partial charge in [-0.25, -0.2) is 0 Å². The van der Waals surface area contributed by atoms with Crippen LogP contribution < -0.4 is 10.5 Å². The first-order chi connectivity index (χ1) is 7.69. The molecule has 2 heteroatoms. The molecule has 0 aliphatic heterocycles.